The number of benzene rings is 1. The second kappa shape index (κ2) is 7.31. The first-order valence-electron chi connectivity index (χ1n) is 6.67. The maximum Gasteiger partial charge on any atom is 0.130 e. The molecule has 1 aromatic carbocycles. The van der Waals surface area contributed by atoms with Crippen LogP contribution in [0.3, 0.4) is 0 Å². The van der Waals surface area contributed by atoms with E-state index in [1.54, 1.807) is 18.0 Å². The minimum Gasteiger partial charge on any atom is -0.457 e. The molecule has 2 rings (SSSR count). The van der Waals surface area contributed by atoms with E-state index in [2.05, 4.69) is 42.5 Å². The molecule has 0 unspecified atom stereocenters. The van der Waals surface area contributed by atoms with E-state index in [0.717, 1.165) is 23.7 Å². The number of rotatable bonds is 6. The number of hydrogen-bond donors (Lipinski definition) is 1. The van der Waals surface area contributed by atoms with Gasteiger partial charge in [-0.1, -0.05) is 13.8 Å². The monoisotopic (exact) mass is 288 g/mol. The second-order valence-electron chi connectivity index (χ2n) is 4.80. The van der Waals surface area contributed by atoms with Gasteiger partial charge in [0.2, 0.25) is 0 Å². The SMILES string of the molecule is CSc1ccc(Oc2ccnc(CNC(C)C)c2)cc1. The molecule has 0 aliphatic rings. The lowest BCUT2D eigenvalue weighted by atomic mass is 10.3. The zero-order chi connectivity index (χ0) is 14.4. The average Bonchev–Trinajstić information content (AvgIpc) is 2.46. The lowest BCUT2D eigenvalue weighted by molar-refractivity contribution is 0.479. The third-order valence-corrected chi connectivity index (χ3v) is 3.52. The van der Waals surface area contributed by atoms with Gasteiger partial charge in [0.15, 0.2) is 0 Å². The Balaban J connectivity index is 2.02. The van der Waals surface area contributed by atoms with Gasteiger partial charge in [0, 0.05) is 29.7 Å². The van der Waals surface area contributed by atoms with E-state index in [9.17, 15) is 0 Å². The topological polar surface area (TPSA) is 34.1 Å². The van der Waals surface area contributed by atoms with Crippen molar-refractivity contribution >= 4 is 11.8 Å². The second-order valence-corrected chi connectivity index (χ2v) is 5.68. The first kappa shape index (κ1) is 14.9. The van der Waals surface area contributed by atoms with Crippen LogP contribution in [0.25, 0.3) is 0 Å². The molecule has 0 radical (unpaired) electrons. The number of aromatic nitrogens is 1. The van der Waals surface area contributed by atoms with Crippen LogP contribution in [0.1, 0.15) is 19.5 Å². The fourth-order valence-corrected chi connectivity index (χ4v) is 2.11. The molecule has 0 bridgehead atoms. The van der Waals surface area contributed by atoms with Crippen LogP contribution in [-0.2, 0) is 6.54 Å². The smallest absolute Gasteiger partial charge is 0.130 e. The fourth-order valence-electron chi connectivity index (χ4n) is 1.70. The summed E-state index contributed by atoms with van der Waals surface area (Å²) in [6, 6.07) is 12.4. The van der Waals surface area contributed by atoms with Crippen LogP contribution >= 0.6 is 11.8 Å². The minimum atomic E-state index is 0.445. The fraction of sp³-hybridized carbons (Fsp3) is 0.312. The van der Waals surface area contributed by atoms with Crippen molar-refractivity contribution < 1.29 is 4.74 Å². The number of ether oxygens (including phenoxy) is 1. The Labute approximate surface area is 124 Å². The summed E-state index contributed by atoms with van der Waals surface area (Å²) in [6.07, 6.45) is 3.84. The molecule has 106 valence electrons. The Hall–Kier alpha value is -1.52. The van der Waals surface area contributed by atoms with Gasteiger partial charge in [0.05, 0.1) is 5.69 Å². The van der Waals surface area contributed by atoms with Crippen molar-refractivity contribution in [2.24, 2.45) is 0 Å². The highest BCUT2D eigenvalue weighted by atomic mass is 32.2. The summed E-state index contributed by atoms with van der Waals surface area (Å²) in [7, 11) is 0. The third kappa shape index (κ3) is 4.54. The van der Waals surface area contributed by atoms with Crippen LogP contribution in [0.4, 0.5) is 0 Å². The van der Waals surface area contributed by atoms with E-state index < -0.39 is 0 Å². The van der Waals surface area contributed by atoms with Gasteiger partial charge in [-0.05, 0) is 36.6 Å². The quantitative estimate of drug-likeness (QED) is 0.812. The van der Waals surface area contributed by atoms with Crippen LogP contribution in [0.15, 0.2) is 47.5 Å². The molecule has 0 aliphatic heterocycles. The Bertz CT molecular complexity index is 540. The van der Waals surface area contributed by atoms with Crippen molar-refractivity contribution in [3.63, 3.8) is 0 Å². The lowest BCUT2D eigenvalue weighted by Gasteiger charge is -2.10. The van der Waals surface area contributed by atoms with Crippen LogP contribution in [0.5, 0.6) is 11.5 Å². The van der Waals surface area contributed by atoms with Gasteiger partial charge in [-0.3, -0.25) is 4.98 Å². The molecule has 0 amide bonds. The summed E-state index contributed by atoms with van der Waals surface area (Å²) in [5.74, 6) is 1.66. The van der Waals surface area contributed by atoms with Gasteiger partial charge in [-0.15, -0.1) is 11.8 Å². The van der Waals surface area contributed by atoms with E-state index in [1.165, 1.54) is 4.90 Å². The highest BCUT2D eigenvalue weighted by molar-refractivity contribution is 7.98. The molecule has 4 heteroatoms. The minimum absolute atomic E-state index is 0.445. The van der Waals surface area contributed by atoms with E-state index >= 15 is 0 Å². The van der Waals surface area contributed by atoms with Crippen LogP contribution in [-0.4, -0.2) is 17.3 Å². The first-order chi connectivity index (χ1) is 9.67. The summed E-state index contributed by atoms with van der Waals surface area (Å²) >= 11 is 1.72. The molecule has 1 N–H and O–H groups in total. The van der Waals surface area contributed by atoms with Crippen molar-refractivity contribution in [1.82, 2.24) is 10.3 Å². The van der Waals surface area contributed by atoms with Gasteiger partial charge in [0.1, 0.15) is 11.5 Å². The third-order valence-electron chi connectivity index (χ3n) is 2.77. The molecule has 0 saturated heterocycles. The maximum absolute atomic E-state index is 5.85. The van der Waals surface area contributed by atoms with Crippen LogP contribution in [0, 0.1) is 0 Å². The van der Waals surface area contributed by atoms with Crippen LogP contribution in [0.2, 0.25) is 0 Å². The highest BCUT2D eigenvalue weighted by Gasteiger charge is 2.01. The number of hydrogen-bond acceptors (Lipinski definition) is 4. The van der Waals surface area contributed by atoms with Gasteiger partial charge < -0.3 is 10.1 Å². The molecule has 0 saturated carbocycles. The van der Waals surface area contributed by atoms with Crippen molar-refractivity contribution in [2.75, 3.05) is 6.26 Å². The molecule has 2 aromatic rings. The molecule has 0 fully saturated rings. The lowest BCUT2D eigenvalue weighted by Crippen LogP contribution is -2.22. The molecular formula is C16H20N2OS. The van der Waals surface area contributed by atoms with Crippen molar-refractivity contribution in [3.05, 3.63) is 48.3 Å². The van der Waals surface area contributed by atoms with Gasteiger partial charge >= 0.3 is 0 Å². The largest absolute Gasteiger partial charge is 0.457 e. The molecule has 1 aromatic heterocycles. The van der Waals surface area contributed by atoms with Gasteiger partial charge in [-0.2, -0.15) is 0 Å². The Kier molecular flexibility index (Phi) is 5.44. The van der Waals surface area contributed by atoms with Gasteiger partial charge in [-0.25, -0.2) is 0 Å². The number of pyridine rings is 1. The number of nitrogens with one attached hydrogen (secondary N) is 1. The molecule has 20 heavy (non-hydrogen) atoms. The molecule has 1 heterocycles. The molecule has 0 atom stereocenters. The summed E-state index contributed by atoms with van der Waals surface area (Å²) in [5, 5.41) is 3.35. The molecule has 0 spiro atoms. The van der Waals surface area contributed by atoms with Crippen molar-refractivity contribution in [2.45, 2.75) is 31.3 Å². The van der Waals surface area contributed by atoms with E-state index in [0.29, 0.717) is 6.04 Å². The van der Waals surface area contributed by atoms with E-state index in [4.69, 9.17) is 4.74 Å². The van der Waals surface area contributed by atoms with Crippen molar-refractivity contribution in [3.8, 4) is 11.5 Å². The Morgan fingerprint density at radius 1 is 1.15 bits per heavy atom. The Morgan fingerprint density at radius 3 is 2.55 bits per heavy atom. The summed E-state index contributed by atoms with van der Waals surface area (Å²) < 4.78 is 5.85. The highest BCUT2D eigenvalue weighted by Crippen LogP contribution is 2.24. The number of thioether (sulfide) groups is 1. The summed E-state index contributed by atoms with van der Waals surface area (Å²) in [6.45, 7) is 4.99. The number of nitrogens with zero attached hydrogens (tertiary/aromatic N) is 1. The van der Waals surface area contributed by atoms with E-state index in [1.807, 2.05) is 24.3 Å². The standard InChI is InChI=1S/C16H20N2OS/c1-12(2)18-11-13-10-15(8-9-17-13)19-14-4-6-16(20-3)7-5-14/h4-10,12,18H,11H2,1-3H3. The summed E-state index contributed by atoms with van der Waals surface area (Å²) in [4.78, 5) is 5.56. The Morgan fingerprint density at radius 2 is 1.90 bits per heavy atom. The predicted molar refractivity (Wildman–Crippen MR) is 84.5 cm³/mol. The normalized spacial score (nSPS) is 10.8. The average molecular weight is 288 g/mol. The van der Waals surface area contributed by atoms with E-state index in [-0.39, 0.29) is 0 Å². The van der Waals surface area contributed by atoms with Crippen molar-refractivity contribution in [1.29, 1.82) is 0 Å². The molecule has 0 aliphatic carbocycles. The zero-order valence-electron chi connectivity index (χ0n) is 12.1. The van der Waals surface area contributed by atoms with Gasteiger partial charge in [0.25, 0.3) is 0 Å². The zero-order valence-corrected chi connectivity index (χ0v) is 12.9. The molecular weight excluding hydrogens is 268 g/mol. The first-order valence-corrected chi connectivity index (χ1v) is 7.90. The maximum atomic E-state index is 5.85. The summed E-state index contributed by atoms with van der Waals surface area (Å²) in [5.41, 5.74) is 0.983. The predicted octanol–water partition coefficient (Wildman–Crippen LogP) is 4.09. The molecule has 3 nitrogen and oxygen atoms in total. The van der Waals surface area contributed by atoms with Crippen LogP contribution < -0.4 is 10.1 Å².